The van der Waals surface area contributed by atoms with Crippen molar-refractivity contribution in [1.82, 2.24) is 10.1 Å². The summed E-state index contributed by atoms with van der Waals surface area (Å²) < 4.78 is 18.8. The van der Waals surface area contributed by atoms with E-state index in [4.69, 9.17) is 10.3 Å². The van der Waals surface area contributed by atoms with Gasteiger partial charge in [-0.25, -0.2) is 4.39 Å². The first-order chi connectivity index (χ1) is 9.57. The van der Waals surface area contributed by atoms with Gasteiger partial charge in [0.15, 0.2) is 5.82 Å². The minimum absolute atomic E-state index is 0.233. The Morgan fingerprint density at radius 3 is 2.90 bits per heavy atom. The highest BCUT2D eigenvalue weighted by atomic mass is 32.2. The van der Waals surface area contributed by atoms with Crippen LogP contribution in [0.25, 0.3) is 0 Å². The molecule has 0 radical (unpaired) electrons. The van der Waals surface area contributed by atoms with Crippen LogP contribution in [0.15, 0.2) is 33.7 Å². The van der Waals surface area contributed by atoms with E-state index in [2.05, 4.69) is 10.1 Å². The average molecular weight is 293 g/mol. The van der Waals surface area contributed by atoms with Crippen molar-refractivity contribution in [3.8, 4) is 0 Å². The van der Waals surface area contributed by atoms with Gasteiger partial charge in [0, 0.05) is 4.90 Å². The van der Waals surface area contributed by atoms with Gasteiger partial charge < -0.3 is 10.3 Å². The molecule has 20 heavy (non-hydrogen) atoms. The van der Waals surface area contributed by atoms with Crippen molar-refractivity contribution in [2.45, 2.75) is 36.0 Å². The molecule has 0 amide bonds. The van der Waals surface area contributed by atoms with Gasteiger partial charge in [-0.05, 0) is 37.8 Å². The molecule has 1 aromatic carbocycles. The van der Waals surface area contributed by atoms with Crippen LogP contribution >= 0.6 is 11.8 Å². The van der Waals surface area contributed by atoms with Crippen LogP contribution in [0.5, 0.6) is 0 Å². The van der Waals surface area contributed by atoms with Crippen LogP contribution in [-0.4, -0.2) is 10.1 Å². The summed E-state index contributed by atoms with van der Waals surface area (Å²) in [5, 5.41) is 3.93. The third-order valence-corrected chi connectivity index (χ3v) is 4.59. The molecule has 1 fully saturated rings. The Kier molecular flexibility index (Phi) is 3.52. The van der Waals surface area contributed by atoms with E-state index in [1.54, 1.807) is 18.2 Å². The molecule has 2 N–H and O–H groups in total. The number of halogens is 1. The van der Waals surface area contributed by atoms with Crippen molar-refractivity contribution in [2.24, 2.45) is 11.7 Å². The average Bonchev–Trinajstić information content (AvgIpc) is 3.18. The predicted molar refractivity (Wildman–Crippen MR) is 74.5 cm³/mol. The quantitative estimate of drug-likeness (QED) is 0.858. The fourth-order valence-electron chi connectivity index (χ4n) is 2.09. The number of aromatic nitrogens is 2. The second kappa shape index (κ2) is 5.18. The van der Waals surface area contributed by atoms with Crippen LogP contribution in [0.2, 0.25) is 0 Å². The SMILES string of the molecule is CC(N)(c1nc(CSc2ccccc2F)no1)C1CC1. The molecule has 0 bridgehead atoms. The third-order valence-electron chi connectivity index (χ3n) is 3.55. The summed E-state index contributed by atoms with van der Waals surface area (Å²) in [5.74, 6) is 1.68. The molecule has 2 aromatic rings. The maximum atomic E-state index is 13.5. The van der Waals surface area contributed by atoms with Gasteiger partial charge in [-0.3, -0.25) is 0 Å². The minimum Gasteiger partial charge on any atom is -0.337 e. The van der Waals surface area contributed by atoms with Crippen molar-refractivity contribution in [3.63, 3.8) is 0 Å². The highest BCUT2D eigenvalue weighted by Crippen LogP contribution is 2.43. The summed E-state index contributed by atoms with van der Waals surface area (Å²) in [6, 6.07) is 6.64. The van der Waals surface area contributed by atoms with Crippen LogP contribution in [0.1, 0.15) is 31.5 Å². The van der Waals surface area contributed by atoms with Crippen molar-refractivity contribution >= 4 is 11.8 Å². The molecule has 6 heteroatoms. The number of nitrogens with two attached hydrogens (primary N) is 1. The molecule has 0 spiro atoms. The second-order valence-corrected chi connectivity index (χ2v) is 6.31. The molecule has 0 saturated heterocycles. The molecule has 1 heterocycles. The van der Waals surface area contributed by atoms with Crippen LogP contribution in [-0.2, 0) is 11.3 Å². The van der Waals surface area contributed by atoms with Crippen molar-refractivity contribution in [3.05, 3.63) is 41.8 Å². The zero-order chi connectivity index (χ0) is 14.2. The van der Waals surface area contributed by atoms with E-state index in [1.165, 1.54) is 17.8 Å². The Morgan fingerprint density at radius 1 is 1.45 bits per heavy atom. The molecule has 4 nitrogen and oxygen atoms in total. The van der Waals surface area contributed by atoms with E-state index < -0.39 is 5.54 Å². The lowest BCUT2D eigenvalue weighted by molar-refractivity contribution is 0.272. The van der Waals surface area contributed by atoms with E-state index in [1.807, 2.05) is 6.92 Å². The van der Waals surface area contributed by atoms with Gasteiger partial charge in [-0.15, -0.1) is 11.8 Å². The first-order valence-corrected chi connectivity index (χ1v) is 7.55. The largest absolute Gasteiger partial charge is 0.337 e. The predicted octanol–water partition coefficient (Wildman–Crippen LogP) is 3.08. The number of hydrogen-bond acceptors (Lipinski definition) is 5. The topological polar surface area (TPSA) is 64.9 Å². The van der Waals surface area contributed by atoms with Gasteiger partial charge >= 0.3 is 0 Å². The number of thioether (sulfide) groups is 1. The Bertz CT molecular complexity index is 610. The normalized spacial score (nSPS) is 17.9. The van der Waals surface area contributed by atoms with Gasteiger partial charge in [0.25, 0.3) is 0 Å². The molecule has 1 unspecified atom stereocenters. The molecular formula is C14H16FN3OS. The first kappa shape index (κ1) is 13.6. The fourth-order valence-corrected chi connectivity index (χ4v) is 2.88. The Labute approximate surface area is 120 Å². The maximum Gasteiger partial charge on any atom is 0.246 e. The van der Waals surface area contributed by atoms with Crippen molar-refractivity contribution < 1.29 is 8.91 Å². The maximum absolute atomic E-state index is 13.5. The van der Waals surface area contributed by atoms with Gasteiger partial charge in [0.1, 0.15) is 5.82 Å². The summed E-state index contributed by atoms with van der Waals surface area (Å²) in [7, 11) is 0. The smallest absolute Gasteiger partial charge is 0.246 e. The molecule has 1 aliphatic rings. The Hall–Kier alpha value is -1.40. The lowest BCUT2D eigenvalue weighted by Gasteiger charge is -2.18. The second-order valence-electron chi connectivity index (χ2n) is 5.29. The third kappa shape index (κ3) is 2.71. The van der Waals surface area contributed by atoms with Crippen LogP contribution < -0.4 is 5.73 Å². The molecule has 106 valence electrons. The number of hydrogen-bond donors (Lipinski definition) is 1. The lowest BCUT2D eigenvalue weighted by atomic mass is 9.97. The van der Waals surface area contributed by atoms with Crippen LogP contribution in [0, 0.1) is 11.7 Å². The lowest BCUT2D eigenvalue weighted by Crippen LogP contribution is -2.35. The van der Waals surface area contributed by atoms with E-state index in [-0.39, 0.29) is 5.82 Å². The van der Waals surface area contributed by atoms with E-state index >= 15 is 0 Å². The summed E-state index contributed by atoms with van der Waals surface area (Å²) in [4.78, 5) is 4.92. The molecule has 1 aromatic heterocycles. The van der Waals surface area contributed by atoms with Gasteiger partial charge in [-0.2, -0.15) is 4.98 Å². The molecule has 1 aliphatic carbocycles. The summed E-state index contributed by atoms with van der Waals surface area (Å²) >= 11 is 1.35. The highest BCUT2D eigenvalue weighted by molar-refractivity contribution is 7.98. The van der Waals surface area contributed by atoms with E-state index in [0.29, 0.717) is 28.3 Å². The standard InChI is InChI=1S/C14H16FN3OS/c1-14(16,9-6-7-9)13-17-12(18-19-13)8-20-11-5-3-2-4-10(11)15/h2-5,9H,6-8,16H2,1H3. The molecular weight excluding hydrogens is 277 g/mol. The minimum atomic E-state index is -0.548. The molecule has 3 rings (SSSR count). The van der Waals surface area contributed by atoms with Crippen molar-refractivity contribution in [1.29, 1.82) is 0 Å². The summed E-state index contributed by atoms with van der Waals surface area (Å²) in [6.07, 6.45) is 2.21. The van der Waals surface area contributed by atoms with Crippen LogP contribution in [0.4, 0.5) is 4.39 Å². The Morgan fingerprint density at radius 2 is 2.20 bits per heavy atom. The summed E-state index contributed by atoms with van der Waals surface area (Å²) in [6.45, 7) is 1.92. The zero-order valence-corrected chi connectivity index (χ0v) is 12.0. The monoisotopic (exact) mass is 293 g/mol. The van der Waals surface area contributed by atoms with Gasteiger partial charge in [0.2, 0.25) is 5.89 Å². The van der Waals surface area contributed by atoms with E-state index in [9.17, 15) is 4.39 Å². The Balaban J connectivity index is 1.67. The first-order valence-electron chi connectivity index (χ1n) is 6.56. The zero-order valence-electron chi connectivity index (χ0n) is 11.2. The number of benzene rings is 1. The van der Waals surface area contributed by atoms with Gasteiger partial charge in [-0.1, -0.05) is 17.3 Å². The molecule has 1 atom stereocenters. The summed E-state index contributed by atoms with van der Waals surface area (Å²) in [5.41, 5.74) is 5.68. The van der Waals surface area contributed by atoms with Crippen LogP contribution in [0.3, 0.4) is 0 Å². The fraction of sp³-hybridized carbons (Fsp3) is 0.429. The number of nitrogens with zero attached hydrogens (tertiary/aromatic N) is 2. The number of rotatable bonds is 5. The highest BCUT2D eigenvalue weighted by Gasteiger charge is 2.43. The van der Waals surface area contributed by atoms with E-state index in [0.717, 1.165) is 12.8 Å². The van der Waals surface area contributed by atoms with Crippen molar-refractivity contribution in [2.75, 3.05) is 0 Å². The molecule has 0 aliphatic heterocycles. The molecule has 1 saturated carbocycles. The van der Waals surface area contributed by atoms with Gasteiger partial charge in [0.05, 0.1) is 11.3 Å².